The summed E-state index contributed by atoms with van der Waals surface area (Å²) in [6, 6.07) is 4.60. The van der Waals surface area contributed by atoms with Gasteiger partial charge in [0.05, 0.1) is 38.1 Å². The van der Waals surface area contributed by atoms with Gasteiger partial charge in [0.2, 0.25) is 0 Å². The van der Waals surface area contributed by atoms with Gasteiger partial charge in [-0.1, -0.05) is 6.08 Å². The molecular formula is C20H25N3O4. The smallest absolute Gasteiger partial charge is 0.322 e. The molecule has 0 radical (unpaired) electrons. The number of benzene rings is 1. The number of nitrogens with one attached hydrogen (secondary N) is 1. The Morgan fingerprint density at radius 2 is 1.85 bits per heavy atom. The first-order valence-electron chi connectivity index (χ1n) is 8.87. The molecule has 0 saturated heterocycles. The van der Waals surface area contributed by atoms with Gasteiger partial charge in [-0.05, 0) is 31.5 Å². The van der Waals surface area contributed by atoms with E-state index in [1.165, 1.54) is 0 Å². The van der Waals surface area contributed by atoms with Gasteiger partial charge in [-0.25, -0.2) is 4.79 Å². The summed E-state index contributed by atoms with van der Waals surface area (Å²) in [5, 5.41) is 2.95. The minimum absolute atomic E-state index is 0.0317. The van der Waals surface area contributed by atoms with Gasteiger partial charge in [-0.15, -0.1) is 6.58 Å². The Kier molecular flexibility index (Phi) is 5.12. The number of ether oxygens (including phenoxy) is 2. The van der Waals surface area contributed by atoms with Crippen LogP contribution in [0.15, 0.2) is 42.1 Å². The van der Waals surface area contributed by atoms with Gasteiger partial charge < -0.3 is 19.7 Å². The normalized spacial score (nSPS) is 19.4. The molecule has 3 amide bonds. The summed E-state index contributed by atoms with van der Waals surface area (Å²) in [6.07, 6.45) is 1.65. The summed E-state index contributed by atoms with van der Waals surface area (Å²) in [5.74, 6) is 1.13. The zero-order chi connectivity index (χ0) is 19.7. The molecule has 0 aromatic heterocycles. The molecule has 27 heavy (non-hydrogen) atoms. The second-order valence-electron chi connectivity index (χ2n) is 6.81. The molecule has 0 fully saturated rings. The number of nitrogens with zero attached hydrogens (tertiary/aromatic N) is 2. The van der Waals surface area contributed by atoms with Crippen LogP contribution in [0, 0.1) is 0 Å². The lowest BCUT2D eigenvalue weighted by Crippen LogP contribution is -2.47. The molecule has 0 unspecified atom stereocenters. The van der Waals surface area contributed by atoms with Crippen LogP contribution in [0.25, 0.3) is 0 Å². The van der Waals surface area contributed by atoms with Gasteiger partial charge in [0.15, 0.2) is 0 Å². The van der Waals surface area contributed by atoms with Gasteiger partial charge in [0.1, 0.15) is 11.5 Å². The molecule has 3 rings (SSSR count). The Morgan fingerprint density at radius 3 is 2.37 bits per heavy atom. The van der Waals surface area contributed by atoms with Gasteiger partial charge in [0.25, 0.3) is 5.91 Å². The number of urea groups is 1. The lowest BCUT2D eigenvalue weighted by Gasteiger charge is -2.33. The van der Waals surface area contributed by atoms with Crippen LogP contribution in [0.1, 0.15) is 25.5 Å². The Morgan fingerprint density at radius 1 is 1.22 bits per heavy atom. The molecule has 2 aliphatic heterocycles. The van der Waals surface area contributed by atoms with Crippen LogP contribution in [0.2, 0.25) is 0 Å². The quantitative estimate of drug-likeness (QED) is 0.780. The Bertz CT molecular complexity index is 793. The van der Waals surface area contributed by atoms with Crippen molar-refractivity contribution in [1.82, 2.24) is 15.1 Å². The second-order valence-corrected chi connectivity index (χ2v) is 6.81. The third-order valence-corrected chi connectivity index (χ3v) is 4.89. The van der Waals surface area contributed by atoms with E-state index >= 15 is 0 Å². The first kappa shape index (κ1) is 18.8. The molecule has 0 spiro atoms. The zero-order valence-electron chi connectivity index (χ0n) is 16.1. The lowest BCUT2D eigenvalue weighted by molar-refractivity contribution is -0.127. The monoisotopic (exact) mass is 371 g/mol. The molecule has 0 saturated carbocycles. The summed E-state index contributed by atoms with van der Waals surface area (Å²) in [6.45, 7) is 8.41. The van der Waals surface area contributed by atoms with E-state index in [1.807, 2.05) is 26.0 Å². The highest BCUT2D eigenvalue weighted by molar-refractivity contribution is 6.01. The standard InChI is InChI=1S/C20H25N3O4/c1-6-7-22-16-11-23(12(2)3)19(24)17(16)18(21-20(22)25)13-8-14(26-4)10-15(9-13)27-5/h6,8-10,12,18H,1,7,11H2,2-5H3,(H,21,25)/t18-/m1/s1. The predicted octanol–water partition coefficient (Wildman–Crippen LogP) is 2.46. The summed E-state index contributed by atoms with van der Waals surface area (Å²) in [4.78, 5) is 29.2. The molecule has 1 atom stereocenters. The predicted molar refractivity (Wildman–Crippen MR) is 102 cm³/mol. The highest BCUT2D eigenvalue weighted by atomic mass is 16.5. The fourth-order valence-electron chi connectivity index (χ4n) is 3.50. The van der Waals surface area contributed by atoms with Crippen molar-refractivity contribution in [2.75, 3.05) is 27.3 Å². The number of carbonyl (C=O) groups is 2. The highest BCUT2D eigenvalue weighted by Gasteiger charge is 2.44. The maximum absolute atomic E-state index is 13.1. The molecule has 0 aliphatic carbocycles. The first-order chi connectivity index (χ1) is 12.9. The Hall–Kier alpha value is -2.96. The van der Waals surface area contributed by atoms with E-state index in [0.29, 0.717) is 30.2 Å². The molecule has 0 bridgehead atoms. The van der Waals surface area contributed by atoms with Crippen molar-refractivity contribution in [1.29, 1.82) is 0 Å². The highest BCUT2D eigenvalue weighted by Crippen LogP contribution is 2.39. The fraction of sp³-hybridized carbons (Fsp3) is 0.400. The topological polar surface area (TPSA) is 71.1 Å². The maximum atomic E-state index is 13.1. The summed E-state index contributed by atoms with van der Waals surface area (Å²) in [5.41, 5.74) is 2.05. The summed E-state index contributed by atoms with van der Waals surface area (Å²) >= 11 is 0. The molecular weight excluding hydrogens is 346 g/mol. The van der Waals surface area contributed by atoms with E-state index in [0.717, 1.165) is 11.3 Å². The third kappa shape index (κ3) is 3.25. The molecule has 2 heterocycles. The molecule has 1 aromatic carbocycles. The molecule has 7 nitrogen and oxygen atoms in total. The largest absolute Gasteiger partial charge is 0.497 e. The van der Waals surface area contributed by atoms with Crippen LogP contribution >= 0.6 is 0 Å². The number of hydrogen-bond acceptors (Lipinski definition) is 4. The number of hydrogen-bond donors (Lipinski definition) is 1. The van der Waals surface area contributed by atoms with Gasteiger partial charge in [-0.3, -0.25) is 9.69 Å². The molecule has 144 valence electrons. The Balaban J connectivity index is 2.12. The van der Waals surface area contributed by atoms with Crippen LogP contribution in [0.3, 0.4) is 0 Å². The SMILES string of the molecule is C=CCN1C(=O)N[C@H](c2cc(OC)cc(OC)c2)C2=C1CN(C(C)C)C2=O. The molecule has 1 N–H and O–H groups in total. The van der Waals surface area contributed by atoms with Crippen molar-refractivity contribution in [3.8, 4) is 11.5 Å². The van der Waals surface area contributed by atoms with Crippen LogP contribution in [0.4, 0.5) is 4.79 Å². The van der Waals surface area contributed by atoms with Crippen LogP contribution in [-0.2, 0) is 4.79 Å². The number of methoxy groups -OCH3 is 2. The first-order valence-corrected chi connectivity index (χ1v) is 8.87. The van der Waals surface area contributed by atoms with Gasteiger partial charge in [-0.2, -0.15) is 0 Å². The number of rotatable bonds is 6. The maximum Gasteiger partial charge on any atom is 0.322 e. The van der Waals surface area contributed by atoms with Crippen LogP contribution in [0.5, 0.6) is 11.5 Å². The van der Waals surface area contributed by atoms with E-state index in [4.69, 9.17) is 9.47 Å². The fourth-order valence-corrected chi connectivity index (χ4v) is 3.50. The van der Waals surface area contributed by atoms with Crippen molar-refractivity contribution < 1.29 is 19.1 Å². The van der Waals surface area contributed by atoms with Crippen molar-refractivity contribution in [3.05, 3.63) is 47.7 Å². The molecule has 2 aliphatic rings. The average Bonchev–Trinajstić information content (AvgIpc) is 3.01. The van der Waals surface area contributed by atoms with Crippen LogP contribution in [-0.4, -0.2) is 55.1 Å². The Labute approximate surface area is 159 Å². The molecule has 1 aromatic rings. The van der Waals surface area contributed by atoms with E-state index in [2.05, 4.69) is 11.9 Å². The van der Waals surface area contributed by atoms with Gasteiger partial charge in [0, 0.05) is 18.7 Å². The van der Waals surface area contributed by atoms with E-state index in [1.54, 1.807) is 36.2 Å². The van der Waals surface area contributed by atoms with Crippen molar-refractivity contribution in [2.24, 2.45) is 0 Å². The van der Waals surface area contributed by atoms with Crippen molar-refractivity contribution in [3.63, 3.8) is 0 Å². The number of carbonyl (C=O) groups excluding carboxylic acids is 2. The minimum Gasteiger partial charge on any atom is -0.497 e. The van der Waals surface area contributed by atoms with Crippen molar-refractivity contribution >= 4 is 11.9 Å². The minimum atomic E-state index is -0.561. The summed E-state index contributed by atoms with van der Waals surface area (Å²) in [7, 11) is 3.13. The number of amides is 3. The van der Waals surface area contributed by atoms with Gasteiger partial charge >= 0.3 is 6.03 Å². The van der Waals surface area contributed by atoms with Crippen molar-refractivity contribution in [2.45, 2.75) is 25.9 Å². The van der Waals surface area contributed by atoms with E-state index in [9.17, 15) is 9.59 Å². The van der Waals surface area contributed by atoms with Crippen LogP contribution < -0.4 is 14.8 Å². The van der Waals surface area contributed by atoms with E-state index < -0.39 is 6.04 Å². The summed E-state index contributed by atoms with van der Waals surface area (Å²) < 4.78 is 10.7. The third-order valence-electron chi connectivity index (χ3n) is 4.89. The average molecular weight is 371 g/mol. The zero-order valence-corrected chi connectivity index (χ0v) is 16.1. The molecule has 7 heteroatoms. The lowest BCUT2D eigenvalue weighted by atomic mass is 9.95. The van der Waals surface area contributed by atoms with E-state index in [-0.39, 0.29) is 18.0 Å². The second kappa shape index (κ2) is 7.34.